The lowest BCUT2D eigenvalue weighted by Crippen LogP contribution is -2.43. The molecule has 162 valence electrons. The number of amides is 3. The fourth-order valence-electron chi connectivity index (χ4n) is 3.57. The fraction of sp³-hybridized carbons (Fsp3) is 0.333. The highest BCUT2D eigenvalue weighted by atomic mass is 16.5. The first-order chi connectivity index (χ1) is 14.8. The molecule has 0 saturated heterocycles. The highest BCUT2D eigenvalue weighted by Crippen LogP contribution is 2.27. The second-order valence-corrected chi connectivity index (χ2v) is 7.84. The van der Waals surface area contributed by atoms with E-state index in [2.05, 4.69) is 5.32 Å². The molecule has 7 heteroatoms. The molecule has 0 atom stereocenters. The summed E-state index contributed by atoms with van der Waals surface area (Å²) in [6.45, 7) is 5.45. The van der Waals surface area contributed by atoms with Crippen LogP contribution in [0.25, 0.3) is 0 Å². The van der Waals surface area contributed by atoms with E-state index in [1.165, 1.54) is 0 Å². The molecule has 7 nitrogen and oxygen atoms in total. The summed E-state index contributed by atoms with van der Waals surface area (Å²) in [4.78, 5) is 50.2. The van der Waals surface area contributed by atoms with E-state index in [1.807, 2.05) is 39.0 Å². The zero-order valence-corrected chi connectivity index (χ0v) is 17.9. The van der Waals surface area contributed by atoms with Crippen LogP contribution in [0.3, 0.4) is 0 Å². The molecular formula is C24H26N2O5. The predicted molar refractivity (Wildman–Crippen MR) is 116 cm³/mol. The maximum absolute atomic E-state index is 12.5. The van der Waals surface area contributed by atoms with Gasteiger partial charge in [0.05, 0.1) is 12.8 Å². The molecule has 2 aromatic carbocycles. The van der Waals surface area contributed by atoms with Crippen molar-refractivity contribution in [3.63, 3.8) is 0 Å². The number of esters is 1. The maximum Gasteiger partial charge on any atom is 0.308 e. The normalized spacial score (nSPS) is 13.2. The second-order valence-electron chi connectivity index (χ2n) is 7.84. The van der Waals surface area contributed by atoms with E-state index in [1.54, 1.807) is 24.3 Å². The van der Waals surface area contributed by atoms with Gasteiger partial charge in [0.1, 0.15) is 0 Å². The third-order valence-electron chi connectivity index (χ3n) is 5.23. The number of nitrogens with zero attached hydrogens (tertiary/aromatic N) is 1. The SMILES string of the molecule is Cc1cccc(C(C)C)c1NC(=O)COC(=O)CCN1C(=O)Cc2ccccc2C1=O. The van der Waals surface area contributed by atoms with Gasteiger partial charge in [-0.2, -0.15) is 0 Å². The van der Waals surface area contributed by atoms with Gasteiger partial charge >= 0.3 is 5.97 Å². The van der Waals surface area contributed by atoms with Gasteiger partial charge in [-0.1, -0.05) is 50.2 Å². The number of imide groups is 1. The van der Waals surface area contributed by atoms with Crippen molar-refractivity contribution in [2.45, 2.75) is 39.5 Å². The van der Waals surface area contributed by atoms with Crippen LogP contribution in [0, 0.1) is 6.92 Å². The Balaban J connectivity index is 1.52. The van der Waals surface area contributed by atoms with Gasteiger partial charge in [-0.05, 0) is 35.6 Å². The largest absolute Gasteiger partial charge is 0.456 e. The Morgan fingerprint density at radius 3 is 2.58 bits per heavy atom. The molecule has 3 rings (SSSR count). The Labute approximate surface area is 181 Å². The fourth-order valence-corrected chi connectivity index (χ4v) is 3.57. The third-order valence-corrected chi connectivity index (χ3v) is 5.23. The summed E-state index contributed by atoms with van der Waals surface area (Å²) in [6, 6.07) is 12.7. The van der Waals surface area contributed by atoms with Crippen molar-refractivity contribution in [2.75, 3.05) is 18.5 Å². The number of carbonyl (C=O) groups is 4. The zero-order chi connectivity index (χ0) is 22.5. The lowest BCUT2D eigenvalue weighted by Gasteiger charge is -2.26. The molecule has 0 aromatic heterocycles. The van der Waals surface area contributed by atoms with Crippen molar-refractivity contribution < 1.29 is 23.9 Å². The van der Waals surface area contributed by atoms with Crippen LogP contribution in [0.2, 0.25) is 0 Å². The minimum atomic E-state index is -0.650. The Morgan fingerprint density at radius 1 is 1.10 bits per heavy atom. The van der Waals surface area contributed by atoms with Gasteiger partial charge in [-0.15, -0.1) is 0 Å². The molecule has 0 bridgehead atoms. The van der Waals surface area contributed by atoms with E-state index in [-0.39, 0.29) is 31.2 Å². The Hall–Kier alpha value is -3.48. The second kappa shape index (κ2) is 9.55. The number of ether oxygens (including phenoxy) is 1. The average Bonchev–Trinajstić information content (AvgIpc) is 2.73. The molecule has 0 aliphatic carbocycles. The van der Waals surface area contributed by atoms with Gasteiger partial charge in [0.15, 0.2) is 6.61 Å². The minimum absolute atomic E-state index is 0.0816. The van der Waals surface area contributed by atoms with Gasteiger partial charge in [-0.3, -0.25) is 24.1 Å². The molecule has 1 aliphatic heterocycles. The van der Waals surface area contributed by atoms with Gasteiger partial charge in [0.2, 0.25) is 5.91 Å². The summed E-state index contributed by atoms with van der Waals surface area (Å²) in [5.41, 5.74) is 3.80. The first-order valence-electron chi connectivity index (χ1n) is 10.3. The van der Waals surface area contributed by atoms with Gasteiger partial charge in [-0.25, -0.2) is 0 Å². The molecule has 31 heavy (non-hydrogen) atoms. The molecule has 0 radical (unpaired) electrons. The highest BCUT2D eigenvalue weighted by molar-refractivity contribution is 6.09. The van der Waals surface area contributed by atoms with Gasteiger partial charge in [0, 0.05) is 17.8 Å². The lowest BCUT2D eigenvalue weighted by atomic mass is 9.98. The van der Waals surface area contributed by atoms with Crippen molar-refractivity contribution in [3.05, 3.63) is 64.7 Å². The third kappa shape index (κ3) is 5.17. The van der Waals surface area contributed by atoms with E-state index >= 15 is 0 Å². The van der Waals surface area contributed by atoms with Crippen molar-refractivity contribution in [1.29, 1.82) is 0 Å². The number of hydrogen-bond acceptors (Lipinski definition) is 5. The molecule has 0 unspecified atom stereocenters. The molecule has 0 spiro atoms. The standard InChI is InChI=1S/C24H26N2O5/c1-15(2)18-10-6-7-16(3)23(18)25-20(27)14-31-22(29)11-12-26-21(28)13-17-8-4-5-9-19(17)24(26)30/h4-10,15H,11-14H2,1-3H3,(H,25,27). The van der Waals surface area contributed by atoms with Crippen molar-refractivity contribution in [2.24, 2.45) is 0 Å². The monoisotopic (exact) mass is 422 g/mol. The first-order valence-corrected chi connectivity index (χ1v) is 10.3. The van der Waals surface area contributed by atoms with Crippen molar-refractivity contribution >= 4 is 29.4 Å². The number of para-hydroxylation sites is 1. The van der Waals surface area contributed by atoms with E-state index in [9.17, 15) is 19.2 Å². The number of aryl methyl sites for hydroxylation is 1. The minimum Gasteiger partial charge on any atom is -0.456 e. The van der Waals surface area contributed by atoms with E-state index in [0.717, 1.165) is 21.7 Å². The van der Waals surface area contributed by atoms with Crippen molar-refractivity contribution in [3.8, 4) is 0 Å². The van der Waals surface area contributed by atoms with Crippen LogP contribution in [0.5, 0.6) is 0 Å². The summed E-state index contributed by atoms with van der Waals surface area (Å²) < 4.78 is 5.05. The number of nitrogens with one attached hydrogen (secondary N) is 1. The molecule has 0 saturated carbocycles. The molecule has 3 amide bonds. The quantitative estimate of drug-likeness (QED) is 0.546. The van der Waals surface area contributed by atoms with Crippen LogP contribution >= 0.6 is 0 Å². The molecule has 0 fully saturated rings. The van der Waals surface area contributed by atoms with Crippen LogP contribution < -0.4 is 5.32 Å². The van der Waals surface area contributed by atoms with Crippen LogP contribution in [-0.2, 0) is 25.5 Å². The Bertz CT molecular complexity index is 1030. The number of carbonyl (C=O) groups excluding carboxylic acids is 4. The zero-order valence-electron chi connectivity index (χ0n) is 17.9. The molecular weight excluding hydrogens is 396 g/mol. The summed E-state index contributed by atoms with van der Waals surface area (Å²) in [6.07, 6.45) is -0.0531. The topological polar surface area (TPSA) is 92.8 Å². The Kier molecular flexibility index (Phi) is 6.84. The number of benzene rings is 2. The van der Waals surface area contributed by atoms with Crippen LogP contribution in [0.1, 0.15) is 53.2 Å². The van der Waals surface area contributed by atoms with Gasteiger partial charge in [0.25, 0.3) is 11.8 Å². The summed E-state index contributed by atoms with van der Waals surface area (Å²) in [5, 5.41) is 2.81. The highest BCUT2D eigenvalue weighted by Gasteiger charge is 2.30. The smallest absolute Gasteiger partial charge is 0.308 e. The maximum atomic E-state index is 12.5. The van der Waals surface area contributed by atoms with Crippen LogP contribution in [0.4, 0.5) is 5.69 Å². The van der Waals surface area contributed by atoms with Crippen molar-refractivity contribution in [1.82, 2.24) is 4.90 Å². The van der Waals surface area contributed by atoms with Crippen LogP contribution in [0.15, 0.2) is 42.5 Å². The van der Waals surface area contributed by atoms with E-state index in [0.29, 0.717) is 11.1 Å². The van der Waals surface area contributed by atoms with E-state index < -0.39 is 24.4 Å². The summed E-state index contributed by atoms with van der Waals surface area (Å²) in [7, 11) is 0. The summed E-state index contributed by atoms with van der Waals surface area (Å²) >= 11 is 0. The number of rotatable bonds is 7. The molecule has 1 N–H and O–H groups in total. The predicted octanol–water partition coefficient (Wildman–Crippen LogP) is 3.22. The van der Waals surface area contributed by atoms with E-state index in [4.69, 9.17) is 4.74 Å². The number of hydrogen-bond donors (Lipinski definition) is 1. The molecule has 2 aromatic rings. The molecule has 1 heterocycles. The summed E-state index contributed by atoms with van der Waals surface area (Å²) in [5.74, 6) is -1.64. The van der Waals surface area contributed by atoms with Gasteiger partial charge < -0.3 is 10.1 Å². The average molecular weight is 422 g/mol. The lowest BCUT2D eigenvalue weighted by molar-refractivity contribution is -0.147. The number of anilines is 1. The number of fused-ring (bicyclic) bond motifs is 1. The molecule has 1 aliphatic rings. The van der Waals surface area contributed by atoms with Crippen LogP contribution in [-0.4, -0.2) is 41.7 Å². The Morgan fingerprint density at radius 2 is 1.84 bits per heavy atom. The first kappa shape index (κ1) is 22.2.